The van der Waals surface area contributed by atoms with Gasteiger partial charge in [0.1, 0.15) is 18.1 Å². The maximum atomic E-state index is 11.8. The van der Waals surface area contributed by atoms with Gasteiger partial charge in [-0.15, -0.1) is 0 Å². The number of rotatable bonds is 6. The average Bonchev–Trinajstić information content (AvgIpc) is 2.69. The summed E-state index contributed by atoms with van der Waals surface area (Å²) >= 11 is 0. The molecule has 3 rings (SSSR count). The van der Waals surface area contributed by atoms with E-state index in [9.17, 15) is 4.79 Å². The Labute approximate surface area is 146 Å². The van der Waals surface area contributed by atoms with Gasteiger partial charge in [0.25, 0.3) is 5.91 Å². The van der Waals surface area contributed by atoms with E-state index in [4.69, 9.17) is 4.74 Å². The number of nitrogens with one attached hydrogen (secondary N) is 1. The van der Waals surface area contributed by atoms with Crippen LogP contribution in [0.5, 0.6) is 5.75 Å². The van der Waals surface area contributed by atoms with E-state index >= 15 is 0 Å². The molecule has 25 heavy (non-hydrogen) atoms. The fraction of sp³-hybridized carbons (Fsp3) is 0.0500. The second-order valence-corrected chi connectivity index (χ2v) is 5.26. The zero-order chi connectivity index (χ0) is 17.3. The van der Waals surface area contributed by atoms with Crippen molar-refractivity contribution in [3.8, 4) is 5.75 Å². The predicted octanol–water partition coefficient (Wildman–Crippen LogP) is 3.42. The summed E-state index contributed by atoms with van der Waals surface area (Å²) in [5.74, 6) is 0.429. The Balaban J connectivity index is 1.51. The molecule has 5 heteroatoms. The predicted molar refractivity (Wildman–Crippen MR) is 96.5 cm³/mol. The van der Waals surface area contributed by atoms with Crippen molar-refractivity contribution in [2.75, 3.05) is 0 Å². The van der Waals surface area contributed by atoms with E-state index in [1.54, 1.807) is 30.6 Å². The molecule has 0 aliphatic carbocycles. The normalized spacial score (nSPS) is 10.6. The van der Waals surface area contributed by atoms with Gasteiger partial charge < -0.3 is 4.74 Å². The number of aromatic nitrogens is 1. The minimum absolute atomic E-state index is 0.323. The van der Waals surface area contributed by atoms with Crippen molar-refractivity contribution < 1.29 is 9.53 Å². The van der Waals surface area contributed by atoms with Crippen LogP contribution in [-0.4, -0.2) is 17.1 Å². The Morgan fingerprint density at radius 3 is 2.48 bits per heavy atom. The Morgan fingerprint density at radius 1 is 1.00 bits per heavy atom. The second-order valence-electron chi connectivity index (χ2n) is 5.26. The summed E-state index contributed by atoms with van der Waals surface area (Å²) in [6.45, 7) is 0.522. The summed E-state index contributed by atoms with van der Waals surface area (Å²) in [7, 11) is 0. The van der Waals surface area contributed by atoms with Gasteiger partial charge in [-0.3, -0.25) is 9.78 Å². The summed E-state index contributed by atoms with van der Waals surface area (Å²) in [6.07, 6.45) is 3.13. The van der Waals surface area contributed by atoms with Gasteiger partial charge in [-0.25, -0.2) is 5.43 Å². The van der Waals surface area contributed by atoms with Gasteiger partial charge in [-0.2, -0.15) is 5.10 Å². The third-order valence-corrected chi connectivity index (χ3v) is 3.41. The molecule has 1 amide bonds. The number of hydrogen-bond acceptors (Lipinski definition) is 4. The Bertz CT molecular complexity index is 832. The minimum Gasteiger partial charge on any atom is -0.489 e. The molecule has 0 saturated carbocycles. The van der Waals surface area contributed by atoms with E-state index < -0.39 is 0 Å². The number of nitrogens with zero attached hydrogens (tertiary/aromatic N) is 2. The van der Waals surface area contributed by atoms with Crippen LogP contribution in [0.2, 0.25) is 0 Å². The molecular formula is C20H17N3O2. The van der Waals surface area contributed by atoms with Crippen molar-refractivity contribution in [1.82, 2.24) is 10.4 Å². The molecule has 0 radical (unpaired) electrons. The first-order valence-electron chi connectivity index (χ1n) is 7.82. The van der Waals surface area contributed by atoms with Crippen LogP contribution < -0.4 is 10.2 Å². The number of carbonyl (C=O) groups excluding carboxylic acids is 1. The number of benzene rings is 2. The van der Waals surface area contributed by atoms with Crippen molar-refractivity contribution in [1.29, 1.82) is 0 Å². The summed E-state index contributed by atoms with van der Waals surface area (Å²) in [5, 5.41) is 3.94. The first-order valence-corrected chi connectivity index (χ1v) is 7.82. The topological polar surface area (TPSA) is 63.6 Å². The van der Waals surface area contributed by atoms with Gasteiger partial charge in [0, 0.05) is 6.20 Å². The third kappa shape index (κ3) is 5.00. The van der Waals surface area contributed by atoms with Gasteiger partial charge in [0.15, 0.2) is 0 Å². The molecule has 1 N–H and O–H groups in total. The maximum Gasteiger partial charge on any atom is 0.289 e. The van der Waals surface area contributed by atoms with Crippen LogP contribution in [0, 0.1) is 0 Å². The Hall–Kier alpha value is -3.47. The van der Waals surface area contributed by atoms with Crippen LogP contribution >= 0.6 is 0 Å². The van der Waals surface area contributed by atoms with E-state index in [0.29, 0.717) is 12.3 Å². The number of hydrazone groups is 1. The van der Waals surface area contributed by atoms with Gasteiger partial charge in [-0.1, -0.05) is 36.4 Å². The molecular weight excluding hydrogens is 314 g/mol. The van der Waals surface area contributed by atoms with Gasteiger partial charge in [-0.05, 0) is 47.5 Å². The lowest BCUT2D eigenvalue weighted by Gasteiger charge is -2.06. The smallest absolute Gasteiger partial charge is 0.289 e. The maximum absolute atomic E-state index is 11.8. The van der Waals surface area contributed by atoms with Crippen molar-refractivity contribution in [3.63, 3.8) is 0 Å². The van der Waals surface area contributed by atoms with Gasteiger partial charge >= 0.3 is 0 Å². The molecule has 0 fully saturated rings. The highest BCUT2D eigenvalue weighted by Crippen LogP contribution is 2.13. The third-order valence-electron chi connectivity index (χ3n) is 3.41. The average molecular weight is 331 g/mol. The van der Waals surface area contributed by atoms with Gasteiger partial charge in [0.2, 0.25) is 0 Å². The molecule has 1 aromatic heterocycles. The number of pyridine rings is 1. The molecule has 0 atom stereocenters. The molecule has 0 spiro atoms. The number of amides is 1. The van der Waals surface area contributed by atoms with Crippen molar-refractivity contribution in [2.24, 2.45) is 5.10 Å². The minimum atomic E-state index is -0.348. The Kier molecular flexibility index (Phi) is 5.51. The van der Waals surface area contributed by atoms with E-state index in [-0.39, 0.29) is 5.91 Å². The summed E-state index contributed by atoms with van der Waals surface area (Å²) in [4.78, 5) is 15.8. The van der Waals surface area contributed by atoms with E-state index in [0.717, 1.165) is 16.9 Å². The molecule has 124 valence electrons. The van der Waals surface area contributed by atoms with Crippen LogP contribution in [0.4, 0.5) is 0 Å². The molecule has 3 aromatic rings. The van der Waals surface area contributed by atoms with E-state index in [1.165, 1.54) is 0 Å². The molecule has 0 aliphatic heterocycles. The first-order chi connectivity index (χ1) is 12.3. The van der Waals surface area contributed by atoms with Crippen molar-refractivity contribution in [2.45, 2.75) is 6.61 Å². The molecule has 5 nitrogen and oxygen atoms in total. The SMILES string of the molecule is O=C(N/N=C/c1ccc(OCc2ccccc2)cc1)c1ccccn1. The summed E-state index contributed by atoms with van der Waals surface area (Å²) < 4.78 is 5.73. The van der Waals surface area contributed by atoms with Crippen molar-refractivity contribution in [3.05, 3.63) is 95.8 Å². The highest BCUT2D eigenvalue weighted by atomic mass is 16.5. The van der Waals surface area contributed by atoms with Crippen molar-refractivity contribution >= 4 is 12.1 Å². The highest BCUT2D eigenvalue weighted by molar-refractivity contribution is 5.93. The fourth-order valence-corrected chi connectivity index (χ4v) is 2.11. The molecule has 0 bridgehead atoms. The molecule has 0 unspecified atom stereocenters. The monoisotopic (exact) mass is 331 g/mol. The van der Waals surface area contributed by atoms with Crippen LogP contribution in [0.25, 0.3) is 0 Å². The van der Waals surface area contributed by atoms with Gasteiger partial charge in [0.05, 0.1) is 6.21 Å². The Morgan fingerprint density at radius 2 is 1.76 bits per heavy atom. The molecule has 2 aromatic carbocycles. The fourth-order valence-electron chi connectivity index (χ4n) is 2.11. The second kappa shape index (κ2) is 8.40. The molecule has 0 saturated heterocycles. The lowest BCUT2D eigenvalue weighted by molar-refractivity contribution is 0.0950. The lowest BCUT2D eigenvalue weighted by atomic mass is 10.2. The molecule has 0 aliphatic rings. The van der Waals surface area contributed by atoms with E-state index in [1.807, 2.05) is 54.6 Å². The molecule has 1 heterocycles. The lowest BCUT2D eigenvalue weighted by Crippen LogP contribution is -2.18. The first kappa shape index (κ1) is 16.4. The largest absolute Gasteiger partial charge is 0.489 e. The van der Waals surface area contributed by atoms with E-state index in [2.05, 4.69) is 15.5 Å². The zero-order valence-corrected chi connectivity index (χ0v) is 13.5. The van der Waals surface area contributed by atoms with Crippen LogP contribution in [0.15, 0.2) is 84.1 Å². The number of carbonyl (C=O) groups is 1. The number of hydrogen-bond donors (Lipinski definition) is 1. The van der Waals surface area contributed by atoms with Crippen LogP contribution in [0.1, 0.15) is 21.6 Å². The summed E-state index contributed by atoms with van der Waals surface area (Å²) in [5.41, 5.74) is 4.74. The standard InChI is InChI=1S/C20H17N3O2/c24-20(19-8-4-5-13-21-19)23-22-14-16-9-11-18(12-10-16)25-15-17-6-2-1-3-7-17/h1-14H,15H2,(H,23,24)/b22-14+. The van der Waals surface area contributed by atoms with Crippen LogP contribution in [-0.2, 0) is 6.61 Å². The zero-order valence-electron chi connectivity index (χ0n) is 13.5. The summed E-state index contributed by atoms with van der Waals surface area (Å²) in [6, 6.07) is 22.6. The number of ether oxygens (including phenoxy) is 1. The quantitative estimate of drug-likeness (QED) is 0.556. The highest BCUT2D eigenvalue weighted by Gasteiger charge is 2.03. The van der Waals surface area contributed by atoms with Crippen LogP contribution in [0.3, 0.4) is 0 Å².